The van der Waals surface area contributed by atoms with E-state index in [4.69, 9.17) is 4.74 Å². The lowest BCUT2D eigenvalue weighted by atomic mass is 10.0. The summed E-state index contributed by atoms with van der Waals surface area (Å²) in [4.78, 5) is 0. The minimum Gasteiger partial charge on any atom is -0.373 e. The van der Waals surface area contributed by atoms with Crippen LogP contribution in [0.4, 0.5) is 8.78 Å². The molecular weight excluding hydrogens is 246 g/mol. The summed E-state index contributed by atoms with van der Waals surface area (Å²) in [5.41, 5.74) is 1.33. The van der Waals surface area contributed by atoms with Crippen LogP contribution in [-0.4, -0.2) is 18.6 Å². The summed E-state index contributed by atoms with van der Waals surface area (Å²) in [6, 6.07) is 10.3. The average molecular weight is 268 g/mol. The fourth-order valence-electron chi connectivity index (χ4n) is 2.33. The fourth-order valence-corrected chi connectivity index (χ4v) is 2.33. The van der Waals surface area contributed by atoms with Crippen molar-refractivity contribution in [1.82, 2.24) is 0 Å². The van der Waals surface area contributed by atoms with Crippen molar-refractivity contribution in [2.45, 2.75) is 57.0 Å². The molecule has 2 rings (SSSR count). The van der Waals surface area contributed by atoms with Gasteiger partial charge in [-0.1, -0.05) is 43.2 Å². The fraction of sp³-hybridized carbons (Fsp3) is 0.625. The van der Waals surface area contributed by atoms with Crippen LogP contribution < -0.4 is 0 Å². The van der Waals surface area contributed by atoms with Crippen LogP contribution in [0.5, 0.6) is 0 Å². The monoisotopic (exact) mass is 268 g/mol. The summed E-state index contributed by atoms with van der Waals surface area (Å²) in [5.74, 6) is -2.53. The molecule has 106 valence electrons. The molecule has 1 atom stereocenters. The number of rotatable bonds is 9. The molecule has 1 heterocycles. The minimum absolute atomic E-state index is 0.0121. The predicted molar refractivity (Wildman–Crippen MR) is 72.5 cm³/mol. The third-order valence-corrected chi connectivity index (χ3v) is 3.53. The second-order valence-electron chi connectivity index (χ2n) is 5.42. The van der Waals surface area contributed by atoms with Gasteiger partial charge in [0.1, 0.15) is 0 Å². The average Bonchev–Trinajstić information content (AvgIpc) is 3.18. The molecule has 0 radical (unpaired) electrons. The summed E-state index contributed by atoms with van der Waals surface area (Å²) in [5, 5.41) is 0. The van der Waals surface area contributed by atoms with Crippen molar-refractivity contribution in [3.8, 4) is 0 Å². The normalized spacial score (nSPS) is 18.5. The number of ether oxygens (including phenoxy) is 1. The highest BCUT2D eigenvalue weighted by atomic mass is 19.3. The second kappa shape index (κ2) is 6.99. The zero-order valence-corrected chi connectivity index (χ0v) is 11.3. The summed E-state index contributed by atoms with van der Waals surface area (Å²) < 4.78 is 31.7. The van der Waals surface area contributed by atoms with E-state index in [1.54, 1.807) is 0 Å². The topological polar surface area (TPSA) is 12.5 Å². The van der Waals surface area contributed by atoms with E-state index in [9.17, 15) is 8.78 Å². The molecular formula is C16H22F2O. The van der Waals surface area contributed by atoms with Crippen LogP contribution in [-0.2, 0) is 11.2 Å². The molecule has 1 saturated heterocycles. The maximum absolute atomic E-state index is 13.4. The molecule has 1 aromatic carbocycles. The maximum atomic E-state index is 13.4. The Bertz CT molecular complexity index is 360. The Kier molecular flexibility index (Phi) is 5.32. The van der Waals surface area contributed by atoms with Gasteiger partial charge in [-0.15, -0.1) is 0 Å². The third kappa shape index (κ3) is 6.15. The summed E-state index contributed by atoms with van der Waals surface area (Å²) in [6.45, 7) is 0.521. The van der Waals surface area contributed by atoms with Gasteiger partial charge in [-0.3, -0.25) is 0 Å². The summed E-state index contributed by atoms with van der Waals surface area (Å²) in [6.07, 6.45) is 4.44. The minimum atomic E-state index is -2.53. The largest absolute Gasteiger partial charge is 0.373 e. The van der Waals surface area contributed by atoms with Gasteiger partial charge in [0, 0.05) is 12.8 Å². The van der Waals surface area contributed by atoms with E-state index in [0.717, 1.165) is 25.7 Å². The van der Waals surface area contributed by atoms with Crippen LogP contribution in [0.25, 0.3) is 0 Å². The van der Waals surface area contributed by atoms with Crippen molar-refractivity contribution in [2.24, 2.45) is 0 Å². The first-order valence-electron chi connectivity index (χ1n) is 7.19. The van der Waals surface area contributed by atoms with Crippen LogP contribution in [0, 0.1) is 0 Å². The molecule has 0 saturated carbocycles. The zero-order valence-electron chi connectivity index (χ0n) is 11.3. The molecule has 0 N–H and O–H groups in total. The second-order valence-corrected chi connectivity index (χ2v) is 5.42. The molecule has 0 amide bonds. The van der Waals surface area contributed by atoms with Gasteiger partial charge in [0.25, 0.3) is 5.92 Å². The van der Waals surface area contributed by atoms with E-state index < -0.39 is 5.92 Å². The molecule has 0 aliphatic carbocycles. The molecule has 0 spiro atoms. The van der Waals surface area contributed by atoms with Crippen LogP contribution >= 0.6 is 0 Å². The number of halogens is 2. The number of unbranched alkanes of at least 4 members (excludes halogenated alkanes) is 3. The highest BCUT2D eigenvalue weighted by molar-refractivity contribution is 5.14. The van der Waals surface area contributed by atoms with Crippen molar-refractivity contribution in [2.75, 3.05) is 6.61 Å². The van der Waals surface area contributed by atoms with E-state index in [-0.39, 0.29) is 18.9 Å². The summed E-state index contributed by atoms with van der Waals surface area (Å²) in [7, 11) is 0. The molecule has 1 fully saturated rings. The Morgan fingerprint density at radius 1 is 1.05 bits per heavy atom. The van der Waals surface area contributed by atoms with Crippen molar-refractivity contribution >= 4 is 0 Å². The first-order chi connectivity index (χ1) is 9.16. The maximum Gasteiger partial charge on any atom is 0.250 e. The van der Waals surface area contributed by atoms with Crippen molar-refractivity contribution in [1.29, 1.82) is 0 Å². The third-order valence-electron chi connectivity index (χ3n) is 3.53. The molecule has 1 aliphatic heterocycles. The highest BCUT2D eigenvalue weighted by Crippen LogP contribution is 2.32. The van der Waals surface area contributed by atoms with Gasteiger partial charge in [0.15, 0.2) is 0 Å². The molecule has 0 bridgehead atoms. The number of hydrogen-bond acceptors (Lipinski definition) is 1. The number of epoxide rings is 1. The van der Waals surface area contributed by atoms with Gasteiger partial charge in [-0.05, 0) is 24.8 Å². The first-order valence-corrected chi connectivity index (χ1v) is 7.19. The highest BCUT2D eigenvalue weighted by Gasteiger charge is 2.37. The Morgan fingerprint density at radius 2 is 1.74 bits per heavy atom. The Hall–Kier alpha value is -0.960. The molecule has 1 unspecified atom stereocenters. The van der Waals surface area contributed by atoms with E-state index >= 15 is 0 Å². The summed E-state index contributed by atoms with van der Waals surface area (Å²) >= 11 is 0. The van der Waals surface area contributed by atoms with E-state index in [2.05, 4.69) is 12.1 Å². The lowest BCUT2D eigenvalue weighted by molar-refractivity contribution is -0.0243. The van der Waals surface area contributed by atoms with Crippen LogP contribution in [0.15, 0.2) is 30.3 Å². The van der Waals surface area contributed by atoms with Crippen LogP contribution in [0.1, 0.15) is 44.1 Å². The molecule has 1 nitrogen and oxygen atoms in total. The molecule has 0 aromatic heterocycles. The van der Waals surface area contributed by atoms with Crippen LogP contribution in [0.3, 0.4) is 0 Å². The molecule has 19 heavy (non-hydrogen) atoms. The van der Waals surface area contributed by atoms with Gasteiger partial charge in [0.05, 0.1) is 12.7 Å². The lowest BCUT2D eigenvalue weighted by Crippen LogP contribution is -2.18. The van der Waals surface area contributed by atoms with Crippen molar-refractivity contribution in [3.63, 3.8) is 0 Å². The van der Waals surface area contributed by atoms with Gasteiger partial charge in [-0.25, -0.2) is 8.78 Å². The van der Waals surface area contributed by atoms with E-state index in [0.29, 0.717) is 13.0 Å². The smallest absolute Gasteiger partial charge is 0.250 e. The van der Waals surface area contributed by atoms with E-state index in [1.165, 1.54) is 5.56 Å². The van der Waals surface area contributed by atoms with Gasteiger partial charge in [-0.2, -0.15) is 0 Å². The van der Waals surface area contributed by atoms with Crippen molar-refractivity contribution in [3.05, 3.63) is 35.9 Å². The van der Waals surface area contributed by atoms with Gasteiger partial charge >= 0.3 is 0 Å². The number of hydrogen-bond donors (Lipinski definition) is 0. The standard InChI is InChI=1S/C16H22F2O/c17-16(18,12-15-13-19-15)11-7-2-1-4-8-14-9-5-3-6-10-14/h3,5-6,9-10,15H,1-2,4,7-8,11-13H2. The Morgan fingerprint density at radius 3 is 2.42 bits per heavy atom. The molecule has 1 aliphatic rings. The Labute approximate surface area is 114 Å². The van der Waals surface area contributed by atoms with Gasteiger partial charge < -0.3 is 4.74 Å². The van der Waals surface area contributed by atoms with Crippen LogP contribution in [0.2, 0.25) is 0 Å². The SMILES string of the molecule is FC(F)(CCCCCCc1ccccc1)CC1CO1. The predicted octanol–water partition coefficient (Wildman–Crippen LogP) is 4.60. The lowest BCUT2D eigenvalue weighted by Gasteiger charge is -2.14. The van der Waals surface area contributed by atoms with Gasteiger partial charge in [0.2, 0.25) is 0 Å². The number of aryl methyl sites for hydroxylation is 1. The zero-order chi connectivity index (χ0) is 13.6. The number of benzene rings is 1. The van der Waals surface area contributed by atoms with Crippen molar-refractivity contribution < 1.29 is 13.5 Å². The molecule has 1 aromatic rings. The quantitative estimate of drug-likeness (QED) is 0.471. The van der Waals surface area contributed by atoms with E-state index in [1.807, 2.05) is 18.2 Å². The Balaban J connectivity index is 1.50. The number of alkyl halides is 2. The molecule has 3 heteroatoms. The first kappa shape index (κ1) is 14.4.